The highest BCUT2D eigenvalue weighted by Gasteiger charge is 2.19. The number of hydrogen-bond donors (Lipinski definition) is 0. The van der Waals surface area contributed by atoms with Gasteiger partial charge in [-0.1, -0.05) is 102 Å². The number of para-hydroxylation sites is 2. The zero-order valence-electron chi connectivity index (χ0n) is 22.9. The topological polar surface area (TPSA) is 31.0 Å². The number of fused-ring (bicyclic) bond motifs is 11. The zero-order chi connectivity index (χ0) is 28.1. The van der Waals surface area contributed by atoms with Crippen LogP contribution >= 0.6 is 11.3 Å². The number of hydrogen-bond acceptors (Lipinski definition) is 3. The van der Waals surface area contributed by atoms with E-state index in [4.69, 9.17) is 9.40 Å². The maximum Gasteiger partial charge on any atom is 0.195 e. The van der Waals surface area contributed by atoms with Crippen LogP contribution in [0.25, 0.3) is 91.8 Å². The predicted octanol–water partition coefficient (Wildman–Crippen LogP) is 11.3. The van der Waals surface area contributed by atoms with Crippen LogP contribution in [0.3, 0.4) is 0 Å². The molecule has 0 spiro atoms. The van der Waals surface area contributed by atoms with Gasteiger partial charge in [-0.15, -0.1) is 0 Å². The Hall–Kier alpha value is -5.45. The second-order valence-electron chi connectivity index (χ2n) is 11.2. The summed E-state index contributed by atoms with van der Waals surface area (Å²) in [6.45, 7) is 0. The van der Waals surface area contributed by atoms with Gasteiger partial charge in [-0.25, -0.2) is 4.98 Å². The largest absolute Gasteiger partial charge is 0.456 e. The van der Waals surface area contributed by atoms with Crippen molar-refractivity contribution in [2.24, 2.45) is 0 Å². The predicted molar refractivity (Wildman–Crippen MR) is 182 cm³/mol. The molecule has 0 saturated heterocycles. The number of rotatable bonds is 2. The van der Waals surface area contributed by atoms with Crippen LogP contribution in [0.1, 0.15) is 0 Å². The fourth-order valence-corrected chi connectivity index (χ4v) is 7.93. The summed E-state index contributed by atoms with van der Waals surface area (Å²) < 4.78 is 9.65. The van der Waals surface area contributed by atoms with Gasteiger partial charge >= 0.3 is 0 Å². The van der Waals surface area contributed by atoms with E-state index >= 15 is 0 Å². The molecular weight excluding hydrogens is 545 g/mol. The van der Waals surface area contributed by atoms with Gasteiger partial charge in [0.1, 0.15) is 11.2 Å². The first kappa shape index (κ1) is 23.1. The van der Waals surface area contributed by atoms with Crippen LogP contribution in [0.15, 0.2) is 138 Å². The second-order valence-corrected chi connectivity index (χ2v) is 12.2. The fraction of sp³-hybridized carbons (Fsp3) is 0. The van der Waals surface area contributed by atoms with E-state index in [1.807, 2.05) is 12.1 Å². The van der Waals surface area contributed by atoms with E-state index in [0.29, 0.717) is 0 Å². The van der Waals surface area contributed by atoms with E-state index in [1.54, 1.807) is 11.3 Å². The molecule has 43 heavy (non-hydrogen) atoms. The minimum absolute atomic E-state index is 0.875. The standard InChI is InChI=1S/C39H22N2OS/c1-2-10-25-23(9-1)21-30(27-12-4-3-11-26(25)27)24-17-18-33-31(22-24)28-13-5-7-15-32(28)41(33)39-40-38-36(43-39)20-19-35-37(38)29-14-6-8-16-34(29)42-35/h1-22H. The van der Waals surface area contributed by atoms with Crippen molar-refractivity contribution in [2.75, 3.05) is 0 Å². The highest BCUT2D eigenvalue weighted by Crippen LogP contribution is 2.42. The zero-order valence-corrected chi connectivity index (χ0v) is 23.7. The van der Waals surface area contributed by atoms with Gasteiger partial charge in [-0.05, 0) is 75.1 Å². The van der Waals surface area contributed by atoms with E-state index in [-0.39, 0.29) is 0 Å². The van der Waals surface area contributed by atoms with E-state index in [9.17, 15) is 0 Å². The van der Waals surface area contributed by atoms with Gasteiger partial charge in [-0.3, -0.25) is 4.57 Å². The molecule has 0 N–H and O–H groups in total. The van der Waals surface area contributed by atoms with Crippen molar-refractivity contribution in [3.63, 3.8) is 0 Å². The first-order valence-corrected chi connectivity index (χ1v) is 15.3. The Morgan fingerprint density at radius 1 is 0.535 bits per heavy atom. The van der Waals surface area contributed by atoms with Gasteiger partial charge < -0.3 is 4.42 Å². The van der Waals surface area contributed by atoms with E-state index in [1.165, 1.54) is 43.4 Å². The van der Waals surface area contributed by atoms with Gasteiger partial charge in [0.25, 0.3) is 0 Å². The Labute approximate surface area is 249 Å². The summed E-state index contributed by atoms with van der Waals surface area (Å²) >= 11 is 1.73. The van der Waals surface area contributed by atoms with Gasteiger partial charge in [0.15, 0.2) is 5.13 Å². The lowest BCUT2D eigenvalue weighted by Gasteiger charge is -2.11. The molecule has 0 atom stereocenters. The molecule has 10 aromatic rings. The van der Waals surface area contributed by atoms with Gasteiger partial charge in [0.05, 0.1) is 26.6 Å². The maximum absolute atomic E-state index is 6.17. The average Bonchev–Trinajstić information content (AvgIpc) is 3.75. The lowest BCUT2D eigenvalue weighted by molar-refractivity contribution is 0.669. The first-order valence-electron chi connectivity index (χ1n) is 14.5. The first-order chi connectivity index (χ1) is 21.3. The van der Waals surface area contributed by atoms with E-state index < -0.39 is 0 Å². The van der Waals surface area contributed by atoms with Crippen molar-refractivity contribution in [3.05, 3.63) is 133 Å². The van der Waals surface area contributed by atoms with Crippen LogP contribution < -0.4 is 0 Å². The molecule has 3 nitrogen and oxygen atoms in total. The minimum atomic E-state index is 0.875. The van der Waals surface area contributed by atoms with Crippen LogP contribution in [0, 0.1) is 0 Å². The van der Waals surface area contributed by atoms with Crippen molar-refractivity contribution < 1.29 is 4.42 Å². The molecular formula is C39H22N2OS. The molecule has 4 heteroatoms. The highest BCUT2D eigenvalue weighted by atomic mass is 32.1. The third-order valence-electron chi connectivity index (χ3n) is 8.83. The summed E-state index contributed by atoms with van der Waals surface area (Å²) in [5, 5.41) is 10.7. The van der Waals surface area contributed by atoms with Crippen molar-refractivity contribution in [1.29, 1.82) is 0 Å². The van der Waals surface area contributed by atoms with Crippen molar-refractivity contribution in [2.45, 2.75) is 0 Å². The summed E-state index contributed by atoms with van der Waals surface area (Å²) in [6, 6.07) is 47.8. The van der Waals surface area contributed by atoms with Crippen molar-refractivity contribution >= 4 is 86.8 Å². The molecule has 0 unspecified atom stereocenters. The van der Waals surface area contributed by atoms with Crippen LogP contribution in [-0.4, -0.2) is 9.55 Å². The summed E-state index contributed by atoms with van der Waals surface area (Å²) in [7, 11) is 0. The lowest BCUT2D eigenvalue weighted by Crippen LogP contribution is -1.92. The van der Waals surface area contributed by atoms with Crippen LogP contribution in [0.5, 0.6) is 0 Å². The number of benzene rings is 7. The molecule has 0 aliphatic rings. The van der Waals surface area contributed by atoms with Crippen molar-refractivity contribution in [1.82, 2.24) is 9.55 Å². The van der Waals surface area contributed by atoms with Crippen LogP contribution in [0.4, 0.5) is 0 Å². The Bertz CT molecular complexity index is 2740. The van der Waals surface area contributed by atoms with Gasteiger partial charge in [-0.2, -0.15) is 0 Å². The summed E-state index contributed by atoms with van der Waals surface area (Å²) in [5.41, 5.74) is 7.54. The molecule has 0 aliphatic carbocycles. The monoisotopic (exact) mass is 566 g/mol. The molecule has 0 amide bonds. The van der Waals surface area contributed by atoms with Crippen LogP contribution in [-0.2, 0) is 0 Å². The highest BCUT2D eigenvalue weighted by molar-refractivity contribution is 7.21. The van der Waals surface area contributed by atoms with Gasteiger partial charge in [0.2, 0.25) is 0 Å². The van der Waals surface area contributed by atoms with Gasteiger partial charge in [0, 0.05) is 16.2 Å². The number of aromatic nitrogens is 2. The SMILES string of the molecule is c1ccc2c(c1)cc(-c1ccc3c(c1)c1ccccc1n3-c1nc3c(ccc4oc5ccccc5c43)s1)c1ccccc12. The Balaban J connectivity index is 1.25. The maximum atomic E-state index is 6.17. The number of thiazole rings is 1. The van der Waals surface area contributed by atoms with Crippen LogP contribution in [0.2, 0.25) is 0 Å². The molecule has 0 aliphatic heterocycles. The quantitative estimate of drug-likeness (QED) is 0.195. The molecule has 0 fully saturated rings. The van der Waals surface area contributed by atoms with Crippen molar-refractivity contribution in [3.8, 4) is 16.3 Å². The minimum Gasteiger partial charge on any atom is -0.456 e. The molecule has 0 bridgehead atoms. The number of nitrogens with zero attached hydrogens (tertiary/aromatic N) is 2. The number of furan rings is 1. The Morgan fingerprint density at radius 3 is 2.16 bits per heavy atom. The molecule has 0 saturated carbocycles. The third kappa shape index (κ3) is 3.21. The average molecular weight is 567 g/mol. The second kappa shape index (κ2) is 8.54. The lowest BCUT2D eigenvalue weighted by atomic mass is 9.93. The molecule has 3 heterocycles. The summed E-state index contributed by atoms with van der Waals surface area (Å²) in [6.07, 6.45) is 0. The molecule has 3 aromatic heterocycles. The molecule has 200 valence electrons. The Morgan fingerprint density at radius 2 is 1.26 bits per heavy atom. The Kier molecular flexibility index (Phi) is 4.60. The summed E-state index contributed by atoms with van der Waals surface area (Å²) in [4.78, 5) is 5.28. The third-order valence-corrected chi connectivity index (χ3v) is 9.84. The summed E-state index contributed by atoms with van der Waals surface area (Å²) in [5.74, 6) is 0. The normalized spacial score (nSPS) is 12.2. The van der Waals surface area contributed by atoms with E-state index in [0.717, 1.165) is 48.3 Å². The fourth-order valence-electron chi connectivity index (χ4n) is 6.92. The smallest absolute Gasteiger partial charge is 0.195 e. The molecule has 10 rings (SSSR count). The molecule has 7 aromatic carbocycles. The molecule has 0 radical (unpaired) electrons. The van der Waals surface area contributed by atoms with E-state index in [2.05, 4.69) is 126 Å².